The maximum absolute atomic E-state index is 10.5. The van der Waals surface area contributed by atoms with Gasteiger partial charge in [0.1, 0.15) is 0 Å². The van der Waals surface area contributed by atoms with Gasteiger partial charge in [0, 0.05) is 37.0 Å². The van der Waals surface area contributed by atoms with E-state index < -0.39 is 9.85 Å². The van der Waals surface area contributed by atoms with Crippen LogP contribution < -0.4 is 0 Å². The van der Waals surface area contributed by atoms with Crippen LogP contribution >= 0.6 is 0 Å². The normalized spacial score (nSPS) is 10.7. The highest BCUT2D eigenvalue weighted by Gasteiger charge is 2.04. The molecule has 2 aromatic carbocycles. The molecule has 22 heavy (non-hydrogen) atoms. The van der Waals surface area contributed by atoms with E-state index in [4.69, 9.17) is 0 Å². The Morgan fingerprint density at radius 1 is 0.864 bits per heavy atom. The molecule has 0 spiro atoms. The molecule has 0 bridgehead atoms. The zero-order valence-electron chi connectivity index (χ0n) is 11.6. The topological polar surface area (TPSA) is 98.6 Å². The van der Waals surface area contributed by atoms with Gasteiger partial charge in [0.05, 0.1) is 9.85 Å². The molecular weight excluding hydrogens is 286 g/mol. The summed E-state index contributed by atoms with van der Waals surface area (Å²) >= 11 is 0. The molecule has 2 rings (SSSR count). The number of hydrogen-bond acceptors (Lipinski definition) is 5. The van der Waals surface area contributed by atoms with Gasteiger partial charge in [-0.25, -0.2) is 0 Å². The molecule has 7 heteroatoms. The minimum absolute atomic E-state index is 0.0445. The molecule has 0 aliphatic rings. The second-order valence-electron chi connectivity index (χ2n) is 4.56. The summed E-state index contributed by atoms with van der Waals surface area (Å²) < 4.78 is 0. The van der Waals surface area contributed by atoms with Crippen molar-refractivity contribution in [2.45, 2.75) is 6.42 Å². The van der Waals surface area contributed by atoms with Crippen LogP contribution in [0, 0.1) is 20.2 Å². The molecule has 0 radical (unpaired) electrons. The summed E-state index contributed by atoms with van der Waals surface area (Å²) in [5.41, 5.74) is 1.86. The van der Waals surface area contributed by atoms with Gasteiger partial charge in [-0.15, -0.1) is 0 Å². The largest absolute Gasteiger partial charge is 0.292 e. The molecule has 112 valence electrons. The Hall–Kier alpha value is -3.09. The third-order valence-electron chi connectivity index (χ3n) is 3.02. The van der Waals surface area contributed by atoms with Crippen molar-refractivity contribution in [1.29, 1.82) is 0 Å². The summed E-state index contributed by atoms with van der Waals surface area (Å²) in [7, 11) is 0. The summed E-state index contributed by atoms with van der Waals surface area (Å²) in [6.07, 6.45) is 2.32. The Labute approximate surface area is 126 Å². The number of benzene rings is 2. The van der Waals surface area contributed by atoms with Crippen molar-refractivity contribution in [2.75, 3.05) is 6.54 Å². The molecule has 0 aromatic heterocycles. The van der Waals surface area contributed by atoms with Crippen LogP contribution in [0.5, 0.6) is 0 Å². The molecule has 2 aromatic rings. The molecule has 0 heterocycles. The first-order chi connectivity index (χ1) is 10.6. The van der Waals surface area contributed by atoms with E-state index in [9.17, 15) is 20.2 Å². The predicted molar refractivity (Wildman–Crippen MR) is 82.4 cm³/mol. The van der Waals surface area contributed by atoms with Crippen molar-refractivity contribution in [2.24, 2.45) is 4.99 Å². The zero-order valence-corrected chi connectivity index (χ0v) is 11.6. The van der Waals surface area contributed by atoms with Gasteiger partial charge in [0.15, 0.2) is 0 Å². The summed E-state index contributed by atoms with van der Waals surface area (Å²) in [5.74, 6) is 0. The van der Waals surface area contributed by atoms with Crippen LogP contribution in [0.3, 0.4) is 0 Å². The Bertz CT molecular complexity index is 694. The number of non-ortho nitro benzene ring substituents is 2. The molecule has 7 nitrogen and oxygen atoms in total. The highest BCUT2D eigenvalue weighted by atomic mass is 16.6. The SMILES string of the molecule is O=[N+]([O-])c1ccc(/C=N/CCc2ccc([N+](=O)[O-])cc2)cc1. The van der Waals surface area contributed by atoms with Crippen molar-refractivity contribution in [3.8, 4) is 0 Å². The summed E-state index contributed by atoms with van der Waals surface area (Å²) in [6.45, 7) is 0.537. The molecule has 0 saturated heterocycles. The third-order valence-corrected chi connectivity index (χ3v) is 3.02. The predicted octanol–water partition coefficient (Wildman–Crippen LogP) is 3.16. The second-order valence-corrected chi connectivity index (χ2v) is 4.56. The molecule has 0 fully saturated rings. The smallest absolute Gasteiger partial charge is 0.269 e. The average Bonchev–Trinajstić information content (AvgIpc) is 2.52. The Kier molecular flexibility index (Phi) is 4.92. The van der Waals surface area contributed by atoms with E-state index in [0.29, 0.717) is 13.0 Å². The molecule has 0 aliphatic heterocycles. The lowest BCUT2D eigenvalue weighted by atomic mass is 10.1. The van der Waals surface area contributed by atoms with Crippen LogP contribution in [0.1, 0.15) is 11.1 Å². The minimum Gasteiger partial charge on any atom is -0.292 e. The number of aliphatic imine (C=N–C) groups is 1. The fourth-order valence-corrected chi connectivity index (χ4v) is 1.83. The van der Waals surface area contributed by atoms with Crippen molar-refractivity contribution in [1.82, 2.24) is 0 Å². The van der Waals surface area contributed by atoms with Crippen LogP contribution in [0.15, 0.2) is 53.5 Å². The first-order valence-corrected chi connectivity index (χ1v) is 6.54. The number of nitro benzene ring substituents is 2. The number of rotatable bonds is 6. The maximum atomic E-state index is 10.5. The van der Waals surface area contributed by atoms with E-state index in [1.165, 1.54) is 24.3 Å². The molecular formula is C15H13N3O4. The van der Waals surface area contributed by atoms with Crippen molar-refractivity contribution >= 4 is 17.6 Å². The van der Waals surface area contributed by atoms with Gasteiger partial charge in [0.2, 0.25) is 0 Å². The number of hydrogen-bond donors (Lipinski definition) is 0. The fourth-order valence-electron chi connectivity index (χ4n) is 1.83. The summed E-state index contributed by atoms with van der Waals surface area (Å²) in [6, 6.07) is 12.5. The van der Waals surface area contributed by atoms with Gasteiger partial charge < -0.3 is 0 Å². The van der Waals surface area contributed by atoms with Crippen LogP contribution in [-0.2, 0) is 6.42 Å². The lowest BCUT2D eigenvalue weighted by Crippen LogP contribution is -1.93. The number of nitro groups is 2. The van der Waals surface area contributed by atoms with E-state index in [-0.39, 0.29) is 11.4 Å². The quantitative estimate of drug-likeness (QED) is 0.464. The van der Waals surface area contributed by atoms with E-state index in [1.54, 1.807) is 30.5 Å². The molecule has 0 saturated carbocycles. The van der Waals surface area contributed by atoms with Crippen LogP contribution in [0.4, 0.5) is 11.4 Å². The van der Waals surface area contributed by atoms with Crippen molar-refractivity contribution in [3.63, 3.8) is 0 Å². The van der Waals surface area contributed by atoms with Crippen LogP contribution in [-0.4, -0.2) is 22.6 Å². The summed E-state index contributed by atoms with van der Waals surface area (Å²) in [5, 5.41) is 21.1. The van der Waals surface area contributed by atoms with Crippen molar-refractivity contribution < 1.29 is 9.85 Å². The monoisotopic (exact) mass is 299 g/mol. The van der Waals surface area contributed by atoms with E-state index in [2.05, 4.69) is 4.99 Å². The van der Waals surface area contributed by atoms with Gasteiger partial charge in [-0.1, -0.05) is 12.1 Å². The lowest BCUT2D eigenvalue weighted by molar-refractivity contribution is -0.385. The first kappa shape index (κ1) is 15.3. The van der Waals surface area contributed by atoms with Crippen molar-refractivity contribution in [3.05, 3.63) is 79.9 Å². The minimum atomic E-state index is -0.449. The first-order valence-electron chi connectivity index (χ1n) is 6.54. The van der Waals surface area contributed by atoms with Gasteiger partial charge >= 0.3 is 0 Å². The fraction of sp³-hybridized carbons (Fsp3) is 0.133. The molecule has 0 unspecified atom stereocenters. The molecule has 0 amide bonds. The highest BCUT2D eigenvalue weighted by molar-refractivity contribution is 5.79. The van der Waals surface area contributed by atoms with Gasteiger partial charge in [0.25, 0.3) is 11.4 Å². The van der Waals surface area contributed by atoms with E-state index in [1.807, 2.05) is 0 Å². The highest BCUT2D eigenvalue weighted by Crippen LogP contribution is 2.13. The van der Waals surface area contributed by atoms with E-state index in [0.717, 1.165) is 11.1 Å². The van der Waals surface area contributed by atoms with E-state index >= 15 is 0 Å². The van der Waals surface area contributed by atoms with Gasteiger partial charge in [-0.05, 0) is 29.7 Å². The second kappa shape index (κ2) is 7.07. The van der Waals surface area contributed by atoms with Crippen LogP contribution in [0.2, 0.25) is 0 Å². The standard InChI is InChI=1S/C15H13N3O4/c19-17(20)14-5-1-12(2-6-14)9-10-16-11-13-3-7-15(8-4-13)18(21)22/h1-8,11H,9-10H2/b16-11+. The Morgan fingerprint density at radius 2 is 1.36 bits per heavy atom. The Morgan fingerprint density at radius 3 is 1.86 bits per heavy atom. The van der Waals surface area contributed by atoms with Gasteiger partial charge in [-0.2, -0.15) is 0 Å². The Balaban J connectivity index is 1.87. The maximum Gasteiger partial charge on any atom is 0.269 e. The molecule has 0 atom stereocenters. The number of nitrogens with zero attached hydrogens (tertiary/aromatic N) is 3. The third kappa shape index (κ3) is 4.20. The average molecular weight is 299 g/mol. The van der Waals surface area contributed by atoms with Gasteiger partial charge in [-0.3, -0.25) is 25.2 Å². The van der Waals surface area contributed by atoms with Crippen LogP contribution in [0.25, 0.3) is 0 Å². The molecule has 0 N–H and O–H groups in total. The lowest BCUT2D eigenvalue weighted by Gasteiger charge is -1.98. The molecule has 0 aliphatic carbocycles. The summed E-state index contributed by atoms with van der Waals surface area (Å²) in [4.78, 5) is 24.4. The zero-order chi connectivity index (χ0) is 15.9.